The van der Waals surface area contributed by atoms with E-state index in [0.717, 1.165) is 16.8 Å². The van der Waals surface area contributed by atoms with Gasteiger partial charge in [0.25, 0.3) is 0 Å². The van der Waals surface area contributed by atoms with Crippen LogP contribution in [0.4, 0.5) is 5.69 Å². The molecular formula is C18H16Cl2N4OS. The van der Waals surface area contributed by atoms with Crippen molar-refractivity contribution in [2.75, 3.05) is 11.1 Å². The predicted molar refractivity (Wildman–Crippen MR) is 107 cm³/mol. The summed E-state index contributed by atoms with van der Waals surface area (Å²) >= 11 is 13.5. The van der Waals surface area contributed by atoms with Gasteiger partial charge in [0, 0.05) is 23.3 Å². The molecule has 3 rings (SSSR count). The topological polar surface area (TPSA) is 59.8 Å². The number of aromatic nitrogens is 3. The molecule has 3 aromatic rings. The van der Waals surface area contributed by atoms with E-state index in [1.807, 2.05) is 38.2 Å². The minimum atomic E-state index is -0.102. The van der Waals surface area contributed by atoms with Crippen molar-refractivity contribution in [1.82, 2.24) is 14.8 Å². The van der Waals surface area contributed by atoms with Crippen LogP contribution in [0.25, 0.3) is 11.4 Å². The average Bonchev–Trinajstić information content (AvgIpc) is 2.94. The predicted octanol–water partition coefficient (Wildman–Crippen LogP) is 4.83. The fourth-order valence-corrected chi connectivity index (χ4v) is 3.60. The molecule has 0 aliphatic carbocycles. The van der Waals surface area contributed by atoms with Crippen molar-refractivity contribution in [1.29, 1.82) is 0 Å². The van der Waals surface area contributed by atoms with Crippen molar-refractivity contribution < 1.29 is 4.79 Å². The first-order chi connectivity index (χ1) is 12.4. The van der Waals surface area contributed by atoms with E-state index < -0.39 is 0 Å². The van der Waals surface area contributed by atoms with E-state index in [4.69, 9.17) is 23.2 Å². The van der Waals surface area contributed by atoms with Crippen LogP contribution in [0.3, 0.4) is 0 Å². The minimum absolute atomic E-state index is 0.102. The van der Waals surface area contributed by atoms with Crippen LogP contribution in [0.5, 0.6) is 0 Å². The van der Waals surface area contributed by atoms with Crippen molar-refractivity contribution in [2.45, 2.75) is 12.1 Å². The number of amides is 1. The number of nitrogens with one attached hydrogen (secondary N) is 1. The number of carbonyl (C=O) groups is 1. The summed E-state index contributed by atoms with van der Waals surface area (Å²) in [6.45, 7) is 1.98. The summed E-state index contributed by atoms with van der Waals surface area (Å²) in [5.74, 6) is 0.747. The first-order valence-corrected chi connectivity index (χ1v) is 9.52. The average molecular weight is 407 g/mol. The van der Waals surface area contributed by atoms with Gasteiger partial charge in [-0.3, -0.25) is 4.79 Å². The zero-order chi connectivity index (χ0) is 18.7. The van der Waals surface area contributed by atoms with Crippen molar-refractivity contribution >= 4 is 46.6 Å². The van der Waals surface area contributed by atoms with Crippen LogP contribution < -0.4 is 5.32 Å². The second-order valence-electron chi connectivity index (χ2n) is 5.70. The van der Waals surface area contributed by atoms with Gasteiger partial charge in [-0.1, -0.05) is 47.1 Å². The first-order valence-electron chi connectivity index (χ1n) is 7.78. The molecule has 1 amide bonds. The summed E-state index contributed by atoms with van der Waals surface area (Å²) in [6, 6.07) is 12.9. The van der Waals surface area contributed by atoms with Crippen molar-refractivity contribution in [3.05, 3.63) is 58.1 Å². The number of carbonyl (C=O) groups excluding carboxylic acids is 1. The first kappa shape index (κ1) is 18.8. The third-order valence-electron chi connectivity index (χ3n) is 3.64. The summed E-state index contributed by atoms with van der Waals surface area (Å²) in [4.78, 5) is 12.2. The van der Waals surface area contributed by atoms with Crippen LogP contribution in [0.1, 0.15) is 5.56 Å². The smallest absolute Gasteiger partial charge is 0.234 e. The van der Waals surface area contributed by atoms with Crippen molar-refractivity contribution in [2.24, 2.45) is 7.05 Å². The Kier molecular flexibility index (Phi) is 5.86. The number of benzene rings is 2. The number of rotatable bonds is 5. The van der Waals surface area contributed by atoms with E-state index >= 15 is 0 Å². The second-order valence-corrected chi connectivity index (χ2v) is 7.48. The van der Waals surface area contributed by atoms with Gasteiger partial charge < -0.3 is 9.88 Å². The molecule has 0 aliphatic rings. The molecule has 0 fully saturated rings. The quantitative estimate of drug-likeness (QED) is 0.616. The van der Waals surface area contributed by atoms with E-state index in [9.17, 15) is 4.79 Å². The van der Waals surface area contributed by atoms with Crippen LogP contribution >= 0.6 is 35.0 Å². The Morgan fingerprint density at radius 1 is 1.19 bits per heavy atom. The number of nitrogens with zero attached hydrogens (tertiary/aromatic N) is 3. The standard InChI is InChI=1S/C18H16Cl2N4OS/c1-11-4-3-5-13(8-11)21-16(25)10-26-18-23-22-17(24(18)2)14-7-6-12(19)9-15(14)20/h3-9H,10H2,1-2H3,(H,21,25). The van der Waals surface area contributed by atoms with Gasteiger partial charge in [0.2, 0.25) is 5.91 Å². The molecule has 0 spiro atoms. The van der Waals surface area contributed by atoms with E-state index in [2.05, 4.69) is 15.5 Å². The van der Waals surface area contributed by atoms with Gasteiger partial charge in [0.05, 0.1) is 10.8 Å². The molecule has 0 saturated heterocycles. The largest absolute Gasteiger partial charge is 0.325 e. The number of hydrogen-bond acceptors (Lipinski definition) is 4. The van der Waals surface area contributed by atoms with E-state index in [0.29, 0.717) is 21.0 Å². The molecule has 8 heteroatoms. The molecule has 1 N–H and O–H groups in total. The summed E-state index contributed by atoms with van der Waals surface area (Å²) in [7, 11) is 1.83. The number of aryl methyl sites for hydroxylation is 1. The van der Waals surface area contributed by atoms with Gasteiger partial charge in [-0.25, -0.2) is 0 Å². The van der Waals surface area contributed by atoms with Crippen LogP contribution in [0.15, 0.2) is 47.6 Å². The third-order valence-corrected chi connectivity index (χ3v) is 5.21. The van der Waals surface area contributed by atoms with Crippen LogP contribution in [-0.2, 0) is 11.8 Å². The maximum atomic E-state index is 12.2. The zero-order valence-electron chi connectivity index (χ0n) is 14.2. The Morgan fingerprint density at radius 3 is 2.73 bits per heavy atom. The van der Waals surface area contributed by atoms with Crippen molar-refractivity contribution in [3.63, 3.8) is 0 Å². The number of halogens is 2. The number of thioether (sulfide) groups is 1. The molecule has 0 bridgehead atoms. The summed E-state index contributed by atoms with van der Waals surface area (Å²) in [5, 5.41) is 12.9. The van der Waals surface area contributed by atoms with Gasteiger partial charge in [-0.2, -0.15) is 0 Å². The van der Waals surface area contributed by atoms with E-state index in [1.165, 1.54) is 11.8 Å². The minimum Gasteiger partial charge on any atom is -0.325 e. The van der Waals surface area contributed by atoms with Gasteiger partial charge in [-0.05, 0) is 42.8 Å². The zero-order valence-corrected chi connectivity index (χ0v) is 16.5. The molecule has 0 atom stereocenters. The maximum absolute atomic E-state index is 12.2. The lowest BCUT2D eigenvalue weighted by atomic mass is 10.2. The van der Waals surface area contributed by atoms with Crippen molar-refractivity contribution in [3.8, 4) is 11.4 Å². The molecule has 0 aliphatic heterocycles. The molecule has 1 aromatic heterocycles. The van der Waals surface area contributed by atoms with Gasteiger partial charge in [-0.15, -0.1) is 10.2 Å². The lowest BCUT2D eigenvalue weighted by molar-refractivity contribution is -0.113. The molecule has 0 radical (unpaired) electrons. The molecule has 5 nitrogen and oxygen atoms in total. The molecule has 134 valence electrons. The summed E-state index contributed by atoms with van der Waals surface area (Å²) in [5.41, 5.74) is 2.61. The summed E-state index contributed by atoms with van der Waals surface area (Å²) < 4.78 is 1.81. The maximum Gasteiger partial charge on any atom is 0.234 e. The lowest BCUT2D eigenvalue weighted by Crippen LogP contribution is -2.14. The Bertz CT molecular complexity index is 958. The molecular weight excluding hydrogens is 391 g/mol. The van der Waals surface area contributed by atoms with Crippen LogP contribution in [0.2, 0.25) is 10.0 Å². The van der Waals surface area contributed by atoms with Crippen LogP contribution in [-0.4, -0.2) is 26.4 Å². The second kappa shape index (κ2) is 8.12. The normalized spacial score (nSPS) is 10.8. The number of hydrogen-bond donors (Lipinski definition) is 1. The highest BCUT2D eigenvalue weighted by atomic mass is 35.5. The van der Waals surface area contributed by atoms with Gasteiger partial charge in [0.1, 0.15) is 0 Å². The fraction of sp³-hybridized carbons (Fsp3) is 0.167. The highest BCUT2D eigenvalue weighted by Gasteiger charge is 2.15. The SMILES string of the molecule is Cc1cccc(NC(=O)CSc2nnc(-c3ccc(Cl)cc3Cl)n2C)c1. The Labute approximate surface area is 165 Å². The third kappa shape index (κ3) is 4.38. The molecule has 0 unspecified atom stereocenters. The molecule has 26 heavy (non-hydrogen) atoms. The van der Waals surface area contributed by atoms with E-state index in [-0.39, 0.29) is 11.7 Å². The highest BCUT2D eigenvalue weighted by Crippen LogP contribution is 2.30. The van der Waals surface area contributed by atoms with Gasteiger partial charge >= 0.3 is 0 Å². The lowest BCUT2D eigenvalue weighted by Gasteiger charge is -2.07. The van der Waals surface area contributed by atoms with E-state index in [1.54, 1.807) is 22.8 Å². The Hall–Kier alpha value is -2.02. The number of anilines is 1. The molecule has 0 saturated carbocycles. The molecule has 1 heterocycles. The van der Waals surface area contributed by atoms with Gasteiger partial charge in [0.15, 0.2) is 11.0 Å². The molecule has 2 aromatic carbocycles. The monoisotopic (exact) mass is 406 g/mol. The highest BCUT2D eigenvalue weighted by molar-refractivity contribution is 7.99. The Balaban J connectivity index is 1.68. The summed E-state index contributed by atoms with van der Waals surface area (Å²) in [6.07, 6.45) is 0. The fourth-order valence-electron chi connectivity index (χ4n) is 2.40. The Morgan fingerprint density at radius 2 is 2.00 bits per heavy atom. The van der Waals surface area contributed by atoms with Crippen LogP contribution in [0, 0.1) is 6.92 Å².